The Morgan fingerprint density at radius 2 is 2.29 bits per heavy atom. The zero-order chi connectivity index (χ0) is 14.5. The Balaban J connectivity index is 1.62. The SMILES string of the molecule is O=C(Nc1cccnc1)c1ccc(O[C@@H]2CCSC2)nc1. The summed E-state index contributed by atoms with van der Waals surface area (Å²) in [7, 11) is 0. The second-order valence-corrected chi connectivity index (χ2v) is 5.83. The molecule has 1 saturated heterocycles. The van der Waals surface area contributed by atoms with E-state index in [2.05, 4.69) is 15.3 Å². The first-order valence-electron chi connectivity index (χ1n) is 6.73. The number of nitrogens with zero attached hydrogens (tertiary/aromatic N) is 2. The van der Waals surface area contributed by atoms with Crippen LogP contribution >= 0.6 is 11.8 Å². The molecule has 0 radical (unpaired) electrons. The van der Waals surface area contributed by atoms with Gasteiger partial charge >= 0.3 is 0 Å². The Bertz CT molecular complexity index is 598. The third-order valence-corrected chi connectivity index (χ3v) is 4.23. The third kappa shape index (κ3) is 3.72. The largest absolute Gasteiger partial charge is 0.473 e. The number of nitrogens with one attached hydrogen (secondary N) is 1. The molecule has 0 unspecified atom stereocenters. The lowest BCUT2D eigenvalue weighted by molar-refractivity contribution is 0.102. The van der Waals surface area contributed by atoms with Gasteiger partial charge in [0, 0.05) is 24.2 Å². The van der Waals surface area contributed by atoms with Crippen LogP contribution in [0.5, 0.6) is 5.88 Å². The van der Waals surface area contributed by atoms with E-state index in [1.54, 1.807) is 36.7 Å². The predicted octanol–water partition coefficient (Wildman–Crippen LogP) is 2.61. The molecular formula is C15H15N3O2S. The van der Waals surface area contributed by atoms with Gasteiger partial charge in [-0.1, -0.05) is 0 Å². The molecule has 0 spiro atoms. The minimum absolute atomic E-state index is 0.210. The summed E-state index contributed by atoms with van der Waals surface area (Å²) in [5.74, 6) is 2.50. The normalized spacial score (nSPS) is 17.4. The van der Waals surface area contributed by atoms with Crippen molar-refractivity contribution in [2.75, 3.05) is 16.8 Å². The Morgan fingerprint density at radius 1 is 1.33 bits per heavy atom. The maximum atomic E-state index is 12.0. The van der Waals surface area contributed by atoms with Gasteiger partial charge in [0.15, 0.2) is 0 Å². The van der Waals surface area contributed by atoms with E-state index in [1.807, 2.05) is 11.8 Å². The molecule has 0 aromatic carbocycles. The molecule has 0 bridgehead atoms. The van der Waals surface area contributed by atoms with Gasteiger partial charge in [0.1, 0.15) is 6.10 Å². The van der Waals surface area contributed by atoms with Crippen molar-refractivity contribution in [1.82, 2.24) is 9.97 Å². The molecule has 1 amide bonds. The number of pyridine rings is 2. The molecule has 1 fully saturated rings. The van der Waals surface area contributed by atoms with E-state index in [0.29, 0.717) is 17.1 Å². The summed E-state index contributed by atoms with van der Waals surface area (Å²) in [5.41, 5.74) is 1.15. The quantitative estimate of drug-likeness (QED) is 0.940. The summed E-state index contributed by atoms with van der Waals surface area (Å²) in [6, 6.07) is 7.01. The molecule has 2 aromatic rings. The van der Waals surface area contributed by atoms with Gasteiger partial charge in [0.25, 0.3) is 5.91 Å². The fraction of sp³-hybridized carbons (Fsp3) is 0.267. The highest BCUT2D eigenvalue weighted by molar-refractivity contribution is 7.99. The first kappa shape index (κ1) is 13.9. The Kier molecular flexibility index (Phi) is 4.35. The minimum atomic E-state index is -0.210. The molecule has 6 heteroatoms. The predicted molar refractivity (Wildman–Crippen MR) is 82.8 cm³/mol. The van der Waals surface area contributed by atoms with Crippen molar-refractivity contribution in [2.45, 2.75) is 12.5 Å². The van der Waals surface area contributed by atoms with E-state index in [9.17, 15) is 4.79 Å². The van der Waals surface area contributed by atoms with E-state index in [1.165, 1.54) is 6.20 Å². The van der Waals surface area contributed by atoms with Crippen LogP contribution in [0.3, 0.4) is 0 Å². The van der Waals surface area contributed by atoms with Crippen molar-refractivity contribution in [1.29, 1.82) is 0 Å². The zero-order valence-corrected chi connectivity index (χ0v) is 12.2. The van der Waals surface area contributed by atoms with Crippen molar-refractivity contribution in [3.63, 3.8) is 0 Å². The van der Waals surface area contributed by atoms with Gasteiger partial charge in [0.05, 0.1) is 17.4 Å². The maximum absolute atomic E-state index is 12.0. The number of carbonyl (C=O) groups excluding carboxylic acids is 1. The summed E-state index contributed by atoms with van der Waals surface area (Å²) in [6.07, 6.45) is 6.07. The molecule has 2 aromatic heterocycles. The number of hydrogen-bond donors (Lipinski definition) is 1. The highest BCUT2D eigenvalue weighted by atomic mass is 32.2. The average Bonchev–Trinajstić information content (AvgIpc) is 3.02. The number of rotatable bonds is 4. The van der Waals surface area contributed by atoms with Crippen LogP contribution in [-0.2, 0) is 0 Å². The van der Waals surface area contributed by atoms with E-state index < -0.39 is 0 Å². The van der Waals surface area contributed by atoms with Crippen molar-refractivity contribution in [3.8, 4) is 5.88 Å². The van der Waals surface area contributed by atoms with E-state index >= 15 is 0 Å². The molecule has 1 aliphatic rings. The second-order valence-electron chi connectivity index (χ2n) is 4.68. The van der Waals surface area contributed by atoms with E-state index in [0.717, 1.165) is 17.9 Å². The first-order chi connectivity index (χ1) is 10.3. The molecule has 5 nitrogen and oxygen atoms in total. The first-order valence-corrected chi connectivity index (χ1v) is 7.88. The van der Waals surface area contributed by atoms with E-state index in [-0.39, 0.29) is 12.0 Å². The fourth-order valence-corrected chi connectivity index (χ4v) is 3.09. The lowest BCUT2D eigenvalue weighted by Gasteiger charge is -2.11. The van der Waals surface area contributed by atoms with Crippen molar-refractivity contribution < 1.29 is 9.53 Å². The molecule has 0 aliphatic carbocycles. The maximum Gasteiger partial charge on any atom is 0.257 e. The van der Waals surface area contributed by atoms with Crippen LogP contribution in [0.25, 0.3) is 0 Å². The molecule has 3 heterocycles. The van der Waals surface area contributed by atoms with Crippen molar-refractivity contribution in [2.24, 2.45) is 0 Å². The highest BCUT2D eigenvalue weighted by Gasteiger charge is 2.17. The Morgan fingerprint density at radius 3 is 2.95 bits per heavy atom. The van der Waals surface area contributed by atoms with Crippen LogP contribution in [0, 0.1) is 0 Å². The molecule has 1 N–H and O–H groups in total. The van der Waals surface area contributed by atoms with Gasteiger partial charge in [-0.15, -0.1) is 0 Å². The average molecular weight is 301 g/mol. The summed E-state index contributed by atoms with van der Waals surface area (Å²) < 4.78 is 5.75. The lowest BCUT2D eigenvalue weighted by atomic mass is 10.2. The second kappa shape index (κ2) is 6.58. The van der Waals surface area contributed by atoms with Gasteiger partial charge in [0.2, 0.25) is 5.88 Å². The molecule has 1 aliphatic heterocycles. The number of ether oxygens (including phenoxy) is 1. The smallest absolute Gasteiger partial charge is 0.257 e. The van der Waals surface area contributed by atoms with Crippen molar-refractivity contribution >= 4 is 23.4 Å². The summed E-state index contributed by atoms with van der Waals surface area (Å²) in [6.45, 7) is 0. The molecule has 108 valence electrons. The fourth-order valence-electron chi connectivity index (χ4n) is 2.00. The van der Waals surface area contributed by atoms with Crippen LogP contribution in [0.2, 0.25) is 0 Å². The Hall–Kier alpha value is -2.08. The van der Waals surface area contributed by atoms with Gasteiger partial charge in [-0.3, -0.25) is 9.78 Å². The van der Waals surface area contributed by atoms with Crippen LogP contribution in [-0.4, -0.2) is 33.5 Å². The number of hydrogen-bond acceptors (Lipinski definition) is 5. The number of carbonyl (C=O) groups is 1. The number of thioether (sulfide) groups is 1. The third-order valence-electron chi connectivity index (χ3n) is 3.09. The van der Waals surface area contributed by atoms with Crippen LogP contribution < -0.4 is 10.1 Å². The van der Waals surface area contributed by atoms with Crippen LogP contribution in [0.4, 0.5) is 5.69 Å². The number of amides is 1. The monoisotopic (exact) mass is 301 g/mol. The highest BCUT2D eigenvalue weighted by Crippen LogP contribution is 2.22. The number of anilines is 1. The summed E-state index contributed by atoms with van der Waals surface area (Å²) in [4.78, 5) is 20.2. The van der Waals surface area contributed by atoms with Crippen LogP contribution in [0.15, 0.2) is 42.9 Å². The Labute approximate surface area is 127 Å². The molecule has 21 heavy (non-hydrogen) atoms. The zero-order valence-electron chi connectivity index (χ0n) is 11.4. The van der Waals surface area contributed by atoms with E-state index in [4.69, 9.17) is 4.74 Å². The summed E-state index contributed by atoms with van der Waals surface area (Å²) in [5, 5.41) is 2.77. The standard InChI is InChI=1S/C15H15N3O2S/c19-15(18-12-2-1-6-16-9-12)11-3-4-14(17-8-11)20-13-5-7-21-10-13/h1-4,6,8-9,13H,5,7,10H2,(H,18,19)/t13-/m1/s1. The van der Waals surface area contributed by atoms with Gasteiger partial charge in [-0.2, -0.15) is 11.8 Å². The van der Waals surface area contributed by atoms with Gasteiger partial charge < -0.3 is 10.1 Å². The van der Waals surface area contributed by atoms with Crippen molar-refractivity contribution in [3.05, 3.63) is 48.4 Å². The topological polar surface area (TPSA) is 64.1 Å². The lowest BCUT2D eigenvalue weighted by Crippen LogP contribution is -2.16. The van der Waals surface area contributed by atoms with Gasteiger partial charge in [-0.25, -0.2) is 4.98 Å². The molecule has 3 rings (SSSR count). The van der Waals surface area contributed by atoms with Gasteiger partial charge in [-0.05, 0) is 30.4 Å². The molecule has 1 atom stereocenters. The van der Waals surface area contributed by atoms with Crippen LogP contribution in [0.1, 0.15) is 16.8 Å². The molecular weight excluding hydrogens is 286 g/mol. The number of aromatic nitrogens is 2. The minimum Gasteiger partial charge on any atom is -0.473 e. The summed E-state index contributed by atoms with van der Waals surface area (Å²) >= 11 is 1.89. The molecule has 0 saturated carbocycles.